The van der Waals surface area contributed by atoms with Crippen LogP contribution in [0.1, 0.15) is 6.92 Å². The summed E-state index contributed by atoms with van der Waals surface area (Å²) >= 11 is 0. The highest BCUT2D eigenvalue weighted by atomic mass is 35.5. The van der Waals surface area contributed by atoms with Gasteiger partial charge < -0.3 is 21.9 Å². The molecule has 1 rings (SSSR count). The molecule has 6 nitrogen and oxygen atoms in total. The monoisotopic (exact) mass is 207 g/mol. The number of carbonyl (C=O) groups excluding carboxylic acids is 1. The Kier molecular flexibility index (Phi) is 5.82. The van der Waals surface area contributed by atoms with Crippen LogP contribution >= 0.6 is 0 Å². The van der Waals surface area contributed by atoms with Gasteiger partial charge in [-0.15, -0.1) is 5.01 Å². The molecule has 0 aromatic heterocycles. The van der Waals surface area contributed by atoms with Gasteiger partial charge in [-0.1, -0.05) is 5.10 Å². The van der Waals surface area contributed by atoms with Gasteiger partial charge in [0.25, 0.3) is 6.73 Å². The number of carbonyl (C=O) groups is 1. The summed E-state index contributed by atoms with van der Waals surface area (Å²) in [6.45, 7) is 2.13. The van der Waals surface area contributed by atoms with Crippen LogP contribution in [0.5, 0.6) is 0 Å². The summed E-state index contributed by atoms with van der Waals surface area (Å²) < 4.78 is 9.19. The number of nitrogens with zero attached hydrogens (tertiary/aromatic N) is 2. The van der Waals surface area contributed by atoms with Gasteiger partial charge in [0.15, 0.2) is 6.34 Å². The topological polar surface area (TPSA) is 64.7 Å². The van der Waals surface area contributed by atoms with E-state index in [9.17, 15) is 4.79 Å². The molecule has 1 heterocycles. The molecule has 0 saturated carbocycles. The van der Waals surface area contributed by atoms with Gasteiger partial charge in [0, 0.05) is 0 Å². The van der Waals surface area contributed by atoms with E-state index in [0.29, 0.717) is 11.6 Å². The lowest BCUT2D eigenvalue weighted by Crippen LogP contribution is -3.05. The zero-order chi connectivity index (χ0) is 8.81. The third-order valence-electron chi connectivity index (χ3n) is 1.11. The Hall–Kier alpha value is -1.14. The first-order chi connectivity index (χ1) is 5.83. The Morgan fingerprint density at radius 2 is 2.31 bits per heavy atom. The van der Waals surface area contributed by atoms with Crippen molar-refractivity contribution < 1.29 is 31.7 Å². The smallest absolute Gasteiger partial charge is 0.512 e. The normalized spacial score (nSPS) is 18.1. The molecule has 0 bridgehead atoms. The van der Waals surface area contributed by atoms with Crippen LogP contribution in [0.3, 0.4) is 0 Å². The quantitative estimate of drug-likeness (QED) is 0.480. The molecular formula is C6H10ClN3O3. The van der Waals surface area contributed by atoms with Gasteiger partial charge in [-0.2, -0.15) is 4.99 Å². The van der Waals surface area contributed by atoms with Gasteiger partial charge in [-0.3, -0.25) is 0 Å². The minimum absolute atomic E-state index is 0. The average molecular weight is 208 g/mol. The van der Waals surface area contributed by atoms with Crippen molar-refractivity contribution in [3.05, 3.63) is 0 Å². The fraction of sp³-hybridized carbons (Fsp3) is 0.500. The summed E-state index contributed by atoms with van der Waals surface area (Å²) in [6.07, 6.45) is 2.24. The lowest BCUT2D eigenvalue weighted by atomic mass is 10.9. The first-order valence-electron chi connectivity index (χ1n) is 3.54. The number of hydrogen-bond acceptors (Lipinski definition) is 5. The SMILES string of the molecule is CCOC(=O)OC[NH+]1C=NC=N1.[Cl-]. The summed E-state index contributed by atoms with van der Waals surface area (Å²) in [4.78, 5) is 14.3. The van der Waals surface area contributed by atoms with E-state index in [0.717, 1.165) is 0 Å². The molecule has 0 fully saturated rings. The van der Waals surface area contributed by atoms with E-state index in [4.69, 9.17) is 0 Å². The molecule has 0 aromatic carbocycles. The molecule has 1 aliphatic rings. The molecule has 0 saturated heterocycles. The second-order valence-electron chi connectivity index (χ2n) is 1.99. The number of rotatable bonds is 3. The molecule has 1 unspecified atom stereocenters. The second kappa shape index (κ2) is 6.38. The van der Waals surface area contributed by atoms with Gasteiger partial charge in [0.05, 0.1) is 6.61 Å². The maximum absolute atomic E-state index is 10.6. The van der Waals surface area contributed by atoms with E-state index < -0.39 is 6.16 Å². The maximum atomic E-state index is 10.6. The Balaban J connectivity index is 0.00000144. The first-order valence-corrected chi connectivity index (χ1v) is 3.54. The standard InChI is InChI=1S/C6H9N3O3.ClH/c1-2-11-6(10)12-5-9-4-7-3-8-9;/h3-4H,2,5H2,1H3;1H. The predicted molar refractivity (Wildman–Crippen MR) is 40.9 cm³/mol. The van der Waals surface area contributed by atoms with Crippen molar-refractivity contribution in [1.29, 1.82) is 0 Å². The van der Waals surface area contributed by atoms with Gasteiger partial charge in [-0.25, -0.2) is 4.79 Å². The van der Waals surface area contributed by atoms with Gasteiger partial charge in [0.1, 0.15) is 0 Å². The van der Waals surface area contributed by atoms with E-state index >= 15 is 0 Å². The van der Waals surface area contributed by atoms with Crippen LogP contribution in [0, 0.1) is 0 Å². The third-order valence-corrected chi connectivity index (χ3v) is 1.11. The van der Waals surface area contributed by atoms with E-state index in [1.807, 2.05) is 0 Å². The second-order valence-corrected chi connectivity index (χ2v) is 1.99. The summed E-state index contributed by atoms with van der Waals surface area (Å²) in [5.74, 6) is 0. The number of halogens is 1. The van der Waals surface area contributed by atoms with E-state index in [1.165, 1.54) is 12.7 Å². The van der Waals surface area contributed by atoms with E-state index in [1.54, 1.807) is 6.92 Å². The summed E-state index contributed by atoms with van der Waals surface area (Å²) in [7, 11) is 0. The molecular weight excluding hydrogens is 198 g/mol. The summed E-state index contributed by atoms with van der Waals surface area (Å²) in [5.41, 5.74) is 0. The van der Waals surface area contributed by atoms with Crippen molar-refractivity contribution in [3.63, 3.8) is 0 Å². The molecule has 0 aromatic rings. The Morgan fingerprint density at radius 1 is 1.54 bits per heavy atom. The number of ether oxygens (including phenoxy) is 2. The zero-order valence-corrected chi connectivity index (χ0v) is 7.82. The van der Waals surface area contributed by atoms with Crippen LogP contribution in [-0.4, -0.2) is 32.2 Å². The molecule has 1 N–H and O–H groups in total. The Morgan fingerprint density at radius 3 is 2.85 bits per heavy atom. The number of hydrogen-bond donors (Lipinski definition) is 1. The number of aliphatic imine (C=N–C) groups is 1. The maximum Gasteiger partial charge on any atom is 0.512 e. The summed E-state index contributed by atoms with van der Waals surface area (Å²) in [5, 5.41) is 4.42. The highest BCUT2D eigenvalue weighted by molar-refractivity contribution is 5.69. The molecule has 7 heteroatoms. The van der Waals surface area contributed by atoms with Crippen molar-refractivity contribution in [3.8, 4) is 0 Å². The molecule has 0 amide bonds. The van der Waals surface area contributed by atoms with Gasteiger partial charge in [-0.05, 0) is 6.92 Å². The van der Waals surface area contributed by atoms with E-state index in [-0.39, 0.29) is 19.1 Å². The Labute approximate surface area is 81.6 Å². The first kappa shape index (κ1) is 11.9. The van der Waals surface area contributed by atoms with Gasteiger partial charge >= 0.3 is 6.16 Å². The van der Waals surface area contributed by atoms with Crippen molar-refractivity contribution in [2.75, 3.05) is 13.3 Å². The lowest BCUT2D eigenvalue weighted by molar-refractivity contribution is -0.824. The van der Waals surface area contributed by atoms with Crippen molar-refractivity contribution in [1.82, 2.24) is 0 Å². The van der Waals surface area contributed by atoms with Crippen LogP contribution < -0.4 is 17.4 Å². The minimum Gasteiger partial charge on any atom is -1.00 e. The predicted octanol–water partition coefficient (Wildman–Crippen LogP) is -4.01. The van der Waals surface area contributed by atoms with Crippen molar-refractivity contribution in [2.45, 2.75) is 6.92 Å². The minimum atomic E-state index is -0.680. The fourth-order valence-corrected chi connectivity index (χ4v) is 0.627. The van der Waals surface area contributed by atoms with Crippen LogP contribution in [-0.2, 0) is 9.47 Å². The largest absolute Gasteiger partial charge is 1.00 e. The fourth-order valence-electron chi connectivity index (χ4n) is 0.627. The lowest BCUT2D eigenvalue weighted by Gasteiger charge is -2.04. The molecule has 13 heavy (non-hydrogen) atoms. The van der Waals surface area contributed by atoms with Gasteiger partial charge in [0.2, 0.25) is 6.34 Å². The van der Waals surface area contributed by atoms with Crippen LogP contribution in [0.15, 0.2) is 10.1 Å². The number of nitrogens with one attached hydrogen (secondary N) is 1. The average Bonchev–Trinajstić information content (AvgIpc) is 2.53. The molecule has 0 spiro atoms. The zero-order valence-electron chi connectivity index (χ0n) is 7.07. The van der Waals surface area contributed by atoms with Crippen LogP contribution in [0.25, 0.3) is 0 Å². The molecule has 1 atom stereocenters. The van der Waals surface area contributed by atoms with E-state index in [2.05, 4.69) is 19.6 Å². The molecule has 0 radical (unpaired) electrons. The van der Waals surface area contributed by atoms with Crippen LogP contribution in [0.2, 0.25) is 0 Å². The van der Waals surface area contributed by atoms with Crippen molar-refractivity contribution >= 4 is 18.8 Å². The van der Waals surface area contributed by atoms with Crippen LogP contribution in [0.4, 0.5) is 4.79 Å². The number of quaternary nitrogens is 1. The molecule has 1 aliphatic heterocycles. The highest BCUT2D eigenvalue weighted by Gasteiger charge is 2.10. The Bertz CT molecular complexity index is 207. The summed E-state index contributed by atoms with van der Waals surface area (Å²) in [6, 6.07) is 0. The molecule has 74 valence electrons. The molecule has 0 aliphatic carbocycles. The highest BCUT2D eigenvalue weighted by Crippen LogP contribution is 1.80. The third kappa shape index (κ3) is 4.44. The van der Waals surface area contributed by atoms with Crippen molar-refractivity contribution in [2.24, 2.45) is 10.1 Å².